The van der Waals surface area contributed by atoms with E-state index in [4.69, 9.17) is 5.73 Å². The first kappa shape index (κ1) is 46.2. The Labute approximate surface area is 357 Å². The van der Waals surface area contributed by atoms with E-state index in [0.29, 0.717) is 23.7 Å². The van der Waals surface area contributed by atoms with Gasteiger partial charge in [0.05, 0.1) is 16.9 Å². The average molecular weight is 760 g/mol. The van der Waals surface area contributed by atoms with Crippen molar-refractivity contribution in [3.63, 3.8) is 0 Å². The first-order valence-corrected chi connectivity index (χ1v) is 18.4. The zero-order chi connectivity index (χ0) is 36.5. The number of likely N-dealkylation sites (tertiary alicyclic amines) is 1. The van der Waals surface area contributed by atoms with Gasteiger partial charge in [-0.2, -0.15) is 0 Å². The summed E-state index contributed by atoms with van der Waals surface area (Å²) >= 11 is 3.63. The summed E-state index contributed by atoms with van der Waals surface area (Å²) < 4.78 is 4.52. The fourth-order valence-electron chi connectivity index (χ4n) is 6.01. The van der Waals surface area contributed by atoms with E-state index >= 15 is 0 Å². The second kappa shape index (κ2) is 21.2. The van der Waals surface area contributed by atoms with Gasteiger partial charge in [0.25, 0.3) is 5.56 Å². The van der Waals surface area contributed by atoms with Gasteiger partial charge in [0.2, 0.25) is 11.8 Å². The fraction of sp³-hybridized carbons (Fsp3) is 0.538. The van der Waals surface area contributed by atoms with Gasteiger partial charge in [-0.25, -0.2) is 4.98 Å². The van der Waals surface area contributed by atoms with Crippen molar-refractivity contribution in [2.24, 2.45) is 23.0 Å². The number of hydrogen-bond donors (Lipinski definition) is 5. The molecule has 3 aliphatic carbocycles. The Bertz CT molecular complexity index is 1640. The van der Waals surface area contributed by atoms with Crippen LogP contribution in [-0.4, -0.2) is 56.9 Å². The van der Waals surface area contributed by atoms with Gasteiger partial charge in [-0.1, -0.05) is 115 Å². The topological polar surface area (TPSA) is 180 Å². The maximum absolute atomic E-state index is 12.5. The van der Waals surface area contributed by atoms with Gasteiger partial charge in [-0.15, -0.1) is 12.1 Å². The number of carbonyl (C=O) groups is 2. The molecule has 4 atom stereocenters. The SMILES string of the molecule is C=C[C@@H]1CC1NC(=O)C1CCCN1C(=O)[C@@H](N)C(C)(C)C.CC.N.O=c1[nH]c(-c2ccccc2)nc2ccccc12.SO[N-]C1(CC2CC2)CC1.[K+]. The summed E-state index contributed by atoms with van der Waals surface area (Å²) in [5.41, 5.74) is 11.5. The Kier molecular flexibility index (Phi) is 18.9. The summed E-state index contributed by atoms with van der Waals surface area (Å²) in [5.74, 6) is 1.79. The third-order valence-electron chi connectivity index (χ3n) is 9.60. The molecule has 2 unspecified atom stereocenters. The molecular formula is C39H58KN7O4S. The number of nitrogens with one attached hydrogen (secondary N) is 2. The number of carbonyl (C=O) groups excluding carboxylic acids is 2. The maximum Gasteiger partial charge on any atom is 1.00 e. The van der Waals surface area contributed by atoms with Crippen molar-refractivity contribution in [1.82, 2.24) is 26.3 Å². The molecule has 7 rings (SSSR count). The Morgan fingerprint density at radius 2 is 1.77 bits per heavy atom. The van der Waals surface area contributed by atoms with E-state index in [-0.39, 0.29) is 97.9 Å². The van der Waals surface area contributed by atoms with Crippen molar-refractivity contribution in [3.05, 3.63) is 83.1 Å². The van der Waals surface area contributed by atoms with Crippen LogP contribution in [0.15, 0.2) is 72.0 Å². The molecule has 0 spiro atoms. The van der Waals surface area contributed by atoms with Crippen LogP contribution in [0, 0.1) is 17.3 Å². The van der Waals surface area contributed by atoms with Crippen LogP contribution in [0.4, 0.5) is 0 Å². The van der Waals surface area contributed by atoms with Crippen LogP contribution < -0.4 is 74.1 Å². The van der Waals surface area contributed by atoms with Crippen LogP contribution in [-0.2, 0) is 13.9 Å². The van der Waals surface area contributed by atoms with Gasteiger partial charge >= 0.3 is 51.4 Å². The molecule has 7 N–H and O–H groups in total. The zero-order valence-electron chi connectivity index (χ0n) is 31.9. The number of rotatable bonds is 9. The Morgan fingerprint density at radius 1 is 1.13 bits per heavy atom. The molecule has 3 saturated carbocycles. The normalized spacial score (nSPS) is 21.1. The molecule has 13 heteroatoms. The van der Waals surface area contributed by atoms with E-state index in [1.54, 1.807) is 11.0 Å². The van der Waals surface area contributed by atoms with Crippen molar-refractivity contribution < 1.29 is 65.3 Å². The van der Waals surface area contributed by atoms with E-state index in [1.807, 2.05) is 89.2 Å². The first-order valence-electron chi connectivity index (χ1n) is 18.0. The molecule has 2 heterocycles. The molecule has 4 aliphatic rings. The second-order valence-electron chi connectivity index (χ2n) is 14.6. The summed E-state index contributed by atoms with van der Waals surface area (Å²) in [5, 5.41) is 3.63. The maximum atomic E-state index is 12.5. The fourth-order valence-corrected chi connectivity index (χ4v) is 6.19. The Morgan fingerprint density at radius 3 is 2.33 bits per heavy atom. The predicted octanol–water partition coefficient (Wildman–Crippen LogP) is 4.29. The third kappa shape index (κ3) is 13.1. The molecule has 280 valence electrons. The Balaban J connectivity index is 0.000000271. The van der Waals surface area contributed by atoms with Gasteiger partial charge in [-0.05, 0) is 61.6 Å². The van der Waals surface area contributed by atoms with Crippen molar-refractivity contribution >= 4 is 35.6 Å². The van der Waals surface area contributed by atoms with E-state index in [0.717, 1.165) is 36.3 Å². The van der Waals surface area contributed by atoms with Gasteiger partial charge in [-0.3, -0.25) is 14.4 Å². The average Bonchev–Trinajstić information content (AvgIpc) is 4.09. The summed E-state index contributed by atoms with van der Waals surface area (Å²) in [4.78, 5) is 45.7. The number of thiol groups is 1. The number of benzene rings is 2. The minimum absolute atomic E-state index is 0. The number of nitrogens with zero attached hydrogens (tertiary/aromatic N) is 3. The number of aromatic nitrogens is 2. The van der Waals surface area contributed by atoms with Crippen LogP contribution in [0.25, 0.3) is 27.8 Å². The third-order valence-corrected chi connectivity index (χ3v) is 9.68. The molecule has 1 aliphatic heterocycles. The second-order valence-corrected chi connectivity index (χ2v) is 14.8. The molecule has 11 nitrogen and oxygen atoms in total. The van der Waals surface area contributed by atoms with Gasteiger partial charge in [0, 0.05) is 18.2 Å². The number of hydrogen-bond acceptors (Lipinski definition) is 8. The van der Waals surface area contributed by atoms with Crippen molar-refractivity contribution in [2.75, 3.05) is 6.54 Å². The summed E-state index contributed by atoms with van der Waals surface area (Å²) in [6.07, 6.45) is 10.9. The van der Waals surface area contributed by atoms with Crippen LogP contribution in [0.5, 0.6) is 0 Å². The smallest absolute Gasteiger partial charge is 0.515 e. The molecule has 1 aromatic heterocycles. The zero-order valence-corrected chi connectivity index (χ0v) is 36.0. The molecule has 1 saturated heterocycles. The first-order chi connectivity index (χ1) is 23.9. The number of fused-ring (bicyclic) bond motifs is 1. The van der Waals surface area contributed by atoms with Crippen LogP contribution in [0.1, 0.15) is 86.0 Å². The van der Waals surface area contributed by atoms with E-state index in [2.05, 4.69) is 44.5 Å². The van der Waals surface area contributed by atoms with Gasteiger partial charge in [0.15, 0.2) is 0 Å². The van der Waals surface area contributed by atoms with E-state index in [9.17, 15) is 14.4 Å². The molecular weight excluding hydrogens is 702 g/mol. The monoisotopic (exact) mass is 759 g/mol. The number of amides is 2. The van der Waals surface area contributed by atoms with Crippen LogP contribution in [0.3, 0.4) is 0 Å². The van der Waals surface area contributed by atoms with Crippen molar-refractivity contribution in [1.29, 1.82) is 0 Å². The molecule has 2 aromatic carbocycles. The molecule has 52 heavy (non-hydrogen) atoms. The van der Waals surface area contributed by atoms with Crippen LogP contribution >= 0.6 is 12.9 Å². The molecule has 0 bridgehead atoms. The van der Waals surface area contributed by atoms with Crippen molar-refractivity contribution in [3.8, 4) is 11.4 Å². The number of para-hydroxylation sites is 1. The van der Waals surface area contributed by atoms with Crippen molar-refractivity contribution in [2.45, 2.75) is 110 Å². The molecule has 4 fully saturated rings. The molecule has 3 aromatic rings. The van der Waals surface area contributed by atoms with E-state index < -0.39 is 6.04 Å². The van der Waals surface area contributed by atoms with Gasteiger partial charge < -0.3 is 36.8 Å². The molecule has 0 radical (unpaired) electrons. The largest absolute Gasteiger partial charge is 1.00 e. The quantitative estimate of drug-likeness (QED) is 0.0710. The number of aromatic amines is 1. The van der Waals surface area contributed by atoms with Crippen LogP contribution in [0.2, 0.25) is 0 Å². The minimum Gasteiger partial charge on any atom is -0.515 e. The summed E-state index contributed by atoms with van der Waals surface area (Å²) in [7, 11) is 0. The Hall–Kier alpha value is -1.91. The number of H-pyrrole nitrogens is 1. The molecule has 2 amide bonds. The minimum atomic E-state index is -0.576. The standard InChI is InChI=1S/C16H27N3O2.C14H10N2O.C7H12NOS.C2H6.K.H3N/c1-5-10-9-11(10)18-14(20)12-7-6-8-19(12)15(21)13(17)16(2,3)4;17-14-11-8-4-5-9-12(11)15-13(16-14)10-6-2-1-3-7-10;10-9-8-7(3-4-7)5-6-1-2-6;1-2;;/h5,10-13H,1,6-9,17H2,2-4H3,(H,18,20);1-9H,(H,15,16,17);6,10H,1-5H2;1-2H3;;1H3/q;;-1;;+1;/t10-,11?,12?,13-;;;;;/m1...../s1. The number of nitrogens with two attached hydrogens (primary N) is 1. The summed E-state index contributed by atoms with van der Waals surface area (Å²) in [6, 6.07) is 16.2. The predicted molar refractivity (Wildman–Crippen MR) is 209 cm³/mol. The van der Waals surface area contributed by atoms with E-state index in [1.165, 1.54) is 32.1 Å². The summed E-state index contributed by atoms with van der Waals surface area (Å²) in [6.45, 7) is 14.2. The van der Waals surface area contributed by atoms with Gasteiger partial charge in [0.1, 0.15) is 11.9 Å². The number of hydroxylamine groups is 1.